The lowest BCUT2D eigenvalue weighted by Crippen LogP contribution is -2.26. The molecule has 0 aliphatic carbocycles. The molecular weight excluding hydrogens is 204 g/mol. The molecule has 0 amide bonds. The van der Waals surface area contributed by atoms with Crippen molar-refractivity contribution in [3.63, 3.8) is 0 Å². The summed E-state index contributed by atoms with van der Waals surface area (Å²) in [6.07, 6.45) is 1.26. The second-order valence-electron chi connectivity index (χ2n) is 4.43. The molecule has 5 nitrogen and oxygen atoms in total. The molecule has 1 aliphatic rings. The Morgan fingerprint density at radius 2 is 2.44 bits per heavy atom. The Balaban J connectivity index is 1.76. The predicted molar refractivity (Wildman–Crippen MR) is 61.0 cm³/mol. The third kappa shape index (κ3) is 3.02. The minimum atomic E-state index is 0.721. The molecule has 1 unspecified atom stereocenters. The number of rotatable bonds is 5. The maximum absolute atomic E-state index is 5.12. The van der Waals surface area contributed by atoms with E-state index in [1.54, 1.807) is 0 Å². The normalized spacial score (nSPS) is 21.8. The molecule has 1 aromatic rings. The van der Waals surface area contributed by atoms with Crippen LogP contribution in [-0.2, 0) is 6.54 Å². The molecule has 90 valence electrons. The van der Waals surface area contributed by atoms with Gasteiger partial charge in [0.15, 0.2) is 5.82 Å². The van der Waals surface area contributed by atoms with Crippen LogP contribution in [0.4, 0.5) is 0 Å². The van der Waals surface area contributed by atoms with Gasteiger partial charge < -0.3 is 9.84 Å². The Labute approximate surface area is 96.2 Å². The quantitative estimate of drug-likeness (QED) is 0.802. The molecule has 0 saturated carbocycles. The van der Waals surface area contributed by atoms with Gasteiger partial charge in [-0.2, -0.15) is 4.98 Å². The minimum absolute atomic E-state index is 0.721. The molecule has 1 N–H and O–H groups in total. The summed E-state index contributed by atoms with van der Waals surface area (Å²) in [7, 11) is 0. The predicted octanol–water partition coefficient (Wildman–Crippen LogP) is 0.809. The fraction of sp³-hybridized carbons (Fsp3) is 0.818. The van der Waals surface area contributed by atoms with Crippen LogP contribution in [0.3, 0.4) is 0 Å². The number of nitrogens with zero attached hydrogens (tertiary/aromatic N) is 3. The van der Waals surface area contributed by atoms with E-state index in [0.717, 1.165) is 50.4 Å². The van der Waals surface area contributed by atoms with Crippen molar-refractivity contribution in [2.24, 2.45) is 5.92 Å². The lowest BCUT2D eigenvalue weighted by atomic mass is 10.1. The van der Waals surface area contributed by atoms with Crippen LogP contribution < -0.4 is 5.32 Å². The first-order valence-electron chi connectivity index (χ1n) is 6.00. The van der Waals surface area contributed by atoms with Crippen molar-refractivity contribution in [1.82, 2.24) is 20.4 Å². The van der Waals surface area contributed by atoms with E-state index in [0.29, 0.717) is 0 Å². The third-order valence-corrected chi connectivity index (χ3v) is 2.98. The van der Waals surface area contributed by atoms with Crippen LogP contribution in [0.15, 0.2) is 4.52 Å². The van der Waals surface area contributed by atoms with Crippen LogP contribution in [0.25, 0.3) is 0 Å². The molecule has 0 radical (unpaired) electrons. The standard InChI is InChI=1S/C11H20N4O/c1-3-12-6-10-4-5-15(7-10)8-11-13-9(2)14-16-11/h10,12H,3-8H2,1-2H3. The average Bonchev–Trinajstić information content (AvgIpc) is 2.86. The van der Waals surface area contributed by atoms with Crippen molar-refractivity contribution < 1.29 is 4.52 Å². The van der Waals surface area contributed by atoms with Gasteiger partial charge in [0, 0.05) is 6.54 Å². The summed E-state index contributed by atoms with van der Waals surface area (Å²) in [6.45, 7) is 9.24. The Morgan fingerprint density at radius 3 is 3.12 bits per heavy atom. The van der Waals surface area contributed by atoms with E-state index in [2.05, 4.69) is 27.3 Å². The summed E-state index contributed by atoms with van der Waals surface area (Å²) >= 11 is 0. The highest BCUT2D eigenvalue weighted by Crippen LogP contribution is 2.17. The first kappa shape index (κ1) is 11.5. The highest BCUT2D eigenvalue weighted by atomic mass is 16.5. The maximum atomic E-state index is 5.12. The average molecular weight is 224 g/mol. The second-order valence-corrected chi connectivity index (χ2v) is 4.43. The molecule has 1 saturated heterocycles. The van der Waals surface area contributed by atoms with Crippen LogP contribution in [0, 0.1) is 12.8 Å². The van der Waals surface area contributed by atoms with E-state index in [4.69, 9.17) is 4.52 Å². The number of likely N-dealkylation sites (tertiary alicyclic amines) is 1. The molecule has 0 bridgehead atoms. The monoisotopic (exact) mass is 224 g/mol. The van der Waals surface area contributed by atoms with E-state index >= 15 is 0 Å². The molecular formula is C11H20N4O. The van der Waals surface area contributed by atoms with E-state index < -0.39 is 0 Å². The van der Waals surface area contributed by atoms with Crippen molar-refractivity contribution in [3.05, 3.63) is 11.7 Å². The van der Waals surface area contributed by atoms with Crippen LogP contribution in [-0.4, -0.2) is 41.2 Å². The molecule has 1 fully saturated rings. The molecule has 1 aliphatic heterocycles. The summed E-state index contributed by atoms with van der Waals surface area (Å²) < 4.78 is 5.12. The van der Waals surface area contributed by atoms with Crippen LogP contribution in [0.1, 0.15) is 25.1 Å². The first-order valence-corrected chi connectivity index (χ1v) is 6.00. The molecule has 2 heterocycles. The van der Waals surface area contributed by atoms with E-state index in [9.17, 15) is 0 Å². The van der Waals surface area contributed by atoms with Crippen molar-refractivity contribution in [1.29, 1.82) is 0 Å². The summed E-state index contributed by atoms with van der Waals surface area (Å²) in [5, 5.41) is 7.20. The van der Waals surface area contributed by atoms with Gasteiger partial charge in [-0.25, -0.2) is 0 Å². The van der Waals surface area contributed by atoms with Crippen molar-refractivity contribution in [2.45, 2.75) is 26.8 Å². The van der Waals surface area contributed by atoms with Gasteiger partial charge in [0.2, 0.25) is 5.89 Å². The zero-order chi connectivity index (χ0) is 11.4. The molecule has 0 spiro atoms. The van der Waals surface area contributed by atoms with Crippen LogP contribution >= 0.6 is 0 Å². The van der Waals surface area contributed by atoms with E-state index in [-0.39, 0.29) is 0 Å². The van der Waals surface area contributed by atoms with Gasteiger partial charge in [-0.3, -0.25) is 4.90 Å². The number of nitrogens with one attached hydrogen (secondary N) is 1. The smallest absolute Gasteiger partial charge is 0.240 e. The Bertz CT molecular complexity index is 326. The highest BCUT2D eigenvalue weighted by Gasteiger charge is 2.23. The van der Waals surface area contributed by atoms with Crippen molar-refractivity contribution >= 4 is 0 Å². The van der Waals surface area contributed by atoms with Gasteiger partial charge in [0.1, 0.15) is 0 Å². The Hall–Kier alpha value is -0.940. The molecule has 1 atom stereocenters. The van der Waals surface area contributed by atoms with Crippen LogP contribution in [0.5, 0.6) is 0 Å². The number of aromatic nitrogens is 2. The Morgan fingerprint density at radius 1 is 1.56 bits per heavy atom. The summed E-state index contributed by atoms with van der Waals surface area (Å²) in [4.78, 5) is 6.61. The zero-order valence-corrected chi connectivity index (χ0v) is 10.1. The SMILES string of the molecule is CCNCC1CCN(Cc2nc(C)no2)C1. The molecule has 0 aromatic carbocycles. The molecule has 1 aromatic heterocycles. The fourth-order valence-corrected chi connectivity index (χ4v) is 2.17. The number of aryl methyl sites for hydroxylation is 1. The topological polar surface area (TPSA) is 54.2 Å². The summed E-state index contributed by atoms with van der Waals surface area (Å²) in [5.74, 6) is 2.23. The van der Waals surface area contributed by atoms with E-state index in [1.807, 2.05) is 6.92 Å². The highest BCUT2D eigenvalue weighted by molar-refractivity contribution is 4.85. The third-order valence-electron chi connectivity index (χ3n) is 2.98. The summed E-state index contributed by atoms with van der Waals surface area (Å²) in [5.41, 5.74) is 0. The molecule has 5 heteroatoms. The van der Waals surface area contributed by atoms with Gasteiger partial charge in [-0.15, -0.1) is 0 Å². The number of hydrogen-bond donors (Lipinski definition) is 1. The van der Waals surface area contributed by atoms with Gasteiger partial charge in [0.05, 0.1) is 6.54 Å². The fourth-order valence-electron chi connectivity index (χ4n) is 2.17. The lowest BCUT2D eigenvalue weighted by Gasteiger charge is -2.13. The zero-order valence-electron chi connectivity index (χ0n) is 10.1. The number of hydrogen-bond acceptors (Lipinski definition) is 5. The van der Waals surface area contributed by atoms with Crippen molar-refractivity contribution in [3.8, 4) is 0 Å². The van der Waals surface area contributed by atoms with Gasteiger partial charge in [0.25, 0.3) is 0 Å². The minimum Gasteiger partial charge on any atom is -0.338 e. The maximum Gasteiger partial charge on any atom is 0.240 e. The Kier molecular flexibility index (Phi) is 3.90. The van der Waals surface area contributed by atoms with Crippen LogP contribution in [0.2, 0.25) is 0 Å². The van der Waals surface area contributed by atoms with Gasteiger partial charge in [-0.05, 0) is 38.9 Å². The molecule has 16 heavy (non-hydrogen) atoms. The van der Waals surface area contributed by atoms with Gasteiger partial charge in [-0.1, -0.05) is 12.1 Å². The summed E-state index contributed by atoms with van der Waals surface area (Å²) in [6, 6.07) is 0. The van der Waals surface area contributed by atoms with Crippen molar-refractivity contribution in [2.75, 3.05) is 26.2 Å². The lowest BCUT2D eigenvalue weighted by molar-refractivity contribution is 0.259. The van der Waals surface area contributed by atoms with Gasteiger partial charge >= 0.3 is 0 Å². The molecule has 2 rings (SSSR count). The van der Waals surface area contributed by atoms with E-state index in [1.165, 1.54) is 6.42 Å². The first-order chi connectivity index (χ1) is 7.78. The second kappa shape index (κ2) is 5.41. The largest absolute Gasteiger partial charge is 0.338 e.